The van der Waals surface area contributed by atoms with E-state index in [4.69, 9.17) is 18.9 Å². The maximum Gasteiger partial charge on any atom is 0.343 e. The molecule has 0 atom stereocenters. The molecule has 0 unspecified atom stereocenters. The maximum atomic E-state index is 12.6. The van der Waals surface area contributed by atoms with Gasteiger partial charge in [-0.2, -0.15) is 0 Å². The molecule has 0 aliphatic rings. The Morgan fingerprint density at radius 1 is 0.533 bits per heavy atom. The standard InChI is InChI=1S/C39H58O6/c1-4-5-6-7-8-9-10-11-12-13-14-15-16-19-30-43-36-26-28-37(29-27-36)45-39(41)34-22-24-35(25-23-34)42-31-20-17-18-21-32-44-38(40)33(2)3/h22-29H,2,4-21,30-32H2,1,3H3. The minimum Gasteiger partial charge on any atom is -0.494 e. The zero-order valence-electron chi connectivity index (χ0n) is 28.1. The van der Waals surface area contributed by atoms with Gasteiger partial charge in [0, 0.05) is 5.57 Å². The zero-order chi connectivity index (χ0) is 32.4. The molecule has 0 radical (unpaired) electrons. The number of ether oxygens (including phenoxy) is 4. The van der Waals surface area contributed by atoms with Gasteiger partial charge in [0.15, 0.2) is 0 Å². The summed E-state index contributed by atoms with van der Waals surface area (Å²) in [7, 11) is 0. The number of esters is 2. The van der Waals surface area contributed by atoms with Crippen LogP contribution >= 0.6 is 0 Å². The molecule has 0 bridgehead atoms. The van der Waals surface area contributed by atoms with Gasteiger partial charge in [0.05, 0.1) is 25.4 Å². The summed E-state index contributed by atoms with van der Waals surface area (Å²) < 4.78 is 22.3. The molecule has 0 aliphatic heterocycles. The van der Waals surface area contributed by atoms with Gasteiger partial charge in [-0.15, -0.1) is 0 Å². The van der Waals surface area contributed by atoms with E-state index in [1.54, 1.807) is 43.3 Å². The Bertz CT molecular complexity index is 1060. The maximum absolute atomic E-state index is 12.6. The van der Waals surface area contributed by atoms with Gasteiger partial charge in [0.2, 0.25) is 0 Å². The Morgan fingerprint density at radius 3 is 1.36 bits per heavy atom. The third-order valence-electron chi connectivity index (χ3n) is 7.78. The van der Waals surface area contributed by atoms with Crippen LogP contribution in [0.5, 0.6) is 17.2 Å². The second-order valence-corrected chi connectivity index (χ2v) is 12.0. The molecular formula is C39H58O6. The van der Waals surface area contributed by atoms with E-state index in [1.807, 2.05) is 12.1 Å². The van der Waals surface area contributed by atoms with Gasteiger partial charge in [0.1, 0.15) is 17.2 Å². The Hall–Kier alpha value is -3.28. The number of benzene rings is 2. The fourth-order valence-corrected chi connectivity index (χ4v) is 4.98. The summed E-state index contributed by atoms with van der Waals surface area (Å²) in [6.45, 7) is 9.20. The van der Waals surface area contributed by atoms with Crippen molar-refractivity contribution in [2.45, 2.75) is 129 Å². The largest absolute Gasteiger partial charge is 0.494 e. The Kier molecular flexibility index (Phi) is 21.0. The van der Waals surface area contributed by atoms with E-state index >= 15 is 0 Å². The van der Waals surface area contributed by atoms with E-state index in [0.717, 1.165) is 37.9 Å². The first-order valence-electron chi connectivity index (χ1n) is 17.5. The van der Waals surface area contributed by atoms with Gasteiger partial charge < -0.3 is 18.9 Å². The van der Waals surface area contributed by atoms with Gasteiger partial charge in [-0.05, 0) is 87.6 Å². The molecule has 250 valence electrons. The molecule has 0 aromatic heterocycles. The van der Waals surface area contributed by atoms with Crippen LogP contribution in [0.3, 0.4) is 0 Å². The van der Waals surface area contributed by atoms with Crippen molar-refractivity contribution in [3.8, 4) is 17.2 Å². The molecule has 0 amide bonds. The third kappa shape index (κ3) is 19.0. The smallest absolute Gasteiger partial charge is 0.343 e. The summed E-state index contributed by atoms with van der Waals surface area (Å²) in [6, 6.07) is 14.2. The van der Waals surface area contributed by atoms with E-state index in [0.29, 0.717) is 42.5 Å². The quantitative estimate of drug-likeness (QED) is 0.0427. The average Bonchev–Trinajstić information content (AvgIpc) is 3.05. The summed E-state index contributed by atoms with van der Waals surface area (Å²) in [4.78, 5) is 23.9. The lowest BCUT2D eigenvalue weighted by Gasteiger charge is -2.09. The molecule has 0 spiro atoms. The lowest BCUT2D eigenvalue weighted by molar-refractivity contribution is -0.139. The molecule has 0 N–H and O–H groups in total. The Labute approximate surface area is 272 Å². The Morgan fingerprint density at radius 2 is 0.911 bits per heavy atom. The summed E-state index contributed by atoms with van der Waals surface area (Å²) >= 11 is 0. The normalized spacial score (nSPS) is 10.8. The SMILES string of the molecule is C=C(C)C(=O)OCCCCCCOc1ccc(C(=O)Oc2ccc(OCCCCCCCCCCCCCCCC)cc2)cc1. The predicted octanol–water partition coefficient (Wildman–Crippen LogP) is 10.8. The molecule has 2 aromatic carbocycles. The highest BCUT2D eigenvalue weighted by Crippen LogP contribution is 2.21. The molecule has 45 heavy (non-hydrogen) atoms. The molecular weight excluding hydrogens is 564 g/mol. The molecule has 2 aromatic rings. The van der Waals surface area contributed by atoms with Crippen LogP contribution in [-0.4, -0.2) is 31.8 Å². The number of unbranched alkanes of at least 4 members (excludes halogenated alkanes) is 16. The van der Waals surface area contributed by atoms with Crippen molar-refractivity contribution in [3.05, 3.63) is 66.2 Å². The number of hydrogen-bond donors (Lipinski definition) is 0. The first kappa shape index (κ1) is 37.9. The monoisotopic (exact) mass is 622 g/mol. The van der Waals surface area contributed by atoms with Crippen molar-refractivity contribution in [1.29, 1.82) is 0 Å². The van der Waals surface area contributed by atoms with Gasteiger partial charge in [-0.25, -0.2) is 9.59 Å². The molecule has 6 heteroatoms. The van der Waals surface area contributed by atoms with Gasteiger partial charge in [0.25, 0.3) is 0 Å². The molecule has 0 saturated heterocycles. The van der Waals surface area contributed by atoms with Gasteiger partial charge in [-0.3, -0.25) is 0 Å². The van der Waals surface area contributed by atoms with Crippen LogP contribution in [0.15, 0.2) is 60.7 Å². The molecule has 0 fully saturated rings. The van der Waals surface area contributed by atoms with E-state index in [2.05, 4.69) is 13.5 Å². The minimum atomic E-state index is -0.412. The molecule has 0 saturated carbocycles. The van der Waals surface area contributed by atoms with Crippen molar-refractivity contribution in [3.63, 3.8) is 0 Å². The van der Waals surface area contributed by atoms with Crippen LogP contribution in [0.25, 0.3) is 0 Å². The number of hydrogen-bond acceptors (Lipinski definition) is 6. The average molecular weight is 623 g/mol. The lowest BCUT2D eigenvalue weighted by atomic mass is 10.0. The van der Waals surface area contributed by atoms with Crippen LogP contribution < -0.4 is 14.2 Å². The summed E-state index contributed by atoms with van der Waals surface area (Å²) in [5.41, 5.74) is 0.886. The predicted molar refractivity (Wildman–Crippen MR) is 183 cm³/mol. The zero-order valence-corrected chi connectivity index (χ0v) is 28.1. The van der Waals surface area contributed by atoms with Gasteiger partial charge in [-0.1, -0.05) is 97.0 Å². The molecule has 0 heterocycles. The van der Waals surface area contributed by atoms with Crippen molar-refractivity contribution >= 4 is 11.9 Å². The lowest BCUT2D eigenvalue weighted by Crippen LogP contribution is -2.08. The number of rotatable bonds is 27. The van der Waals surface area contributed by atoms with Crippen LogP contribution in [0.4, 0.5) is 0 Å². The first-order chi connectivity index (χ1) is 22.0. The summed E-state index contributed by atoms with van der Waals surface area (Å²) in [5.74, 6) is 1.24. The van der Waals surface area contributed by atoms with Crippen molar-refractivity contribution in [1.82, 2.24) is 0 Å². The second-order valence-electron chi connectivity index (χ2n) is 12.0. The van der Waals surface area contributed by atoms with Crippen molar-refractivity contribution in [2.24, 2.45) is 0 Å². The summed E-state index contributed by atoms with van der Waals surface area (Å²) in [6.07, 6.45) is 22.5. The van der Waals surface area contributed by atoms with Gasteiger partial charge >= 0.3 is 11.9 Å². The van der Waals surface area contributed by atoms with Crippen molar-refractivity contribution < 1.29 is 28.5 Å². The highest BCUT2D eigenvalue weighted by atomic mass is 16.5. The third-order valence-corrected chi connectivity index (χ3v) is 7.78. The van der Waals surface area contributed by atoms with E-state index in [9.17, 15) is 9.59 Å². The highest BCUT2D eigenvalue weighted by molar-refractivity contribution is 5.91. The Balaban J connectivity index is 1.48. The van der Waals surface area contributed by atoms with Crippen LogP contribution in [0.2, 0.25) is 0 Å². The number of carbonyl (C=O) groups excluding carboxylic acids is 2. The second kappa shape index (κ2) is 25.0. The molecule has 2 rings (SSSR count). The van der Waals surface area contributed by atoms with E-state index in [1.165, 1.54) is 83.5 Å². The molecule has 0 aliphatic carbocycles. The van der Waals surface area contributed by atoms with Crippen LogP contribution in [0.1, 0.15) is 140 Å². The highest BCUT2D eigenvalue weighted by Gasteiger charge is 2.09. The fraction of sp³-hybridized carbons (Fsp3) is 0.590. The minimum absolute atomic E-state index is 0.334. The van der Waals surface area contributed by atoms with Crippen LogP contribution in [0, 0.1) is 0 Å². The first-order valence-corrected chi connectivity index (χ1v) is 17.5. The fourth-order valence-electron chi connectivity index (χ4n) is 4.98. The van der Waals surface area contributed by atoms with E-state index < -0.39 is 5.97 Å². The van der Waals surface area contributed by atoms with Crippen LogP contribution in [-0.2, 0) is 9.53 Å². The van der Waals surface area contributed by atoms with Crippen molar-refractivity contribution in [2.75, 3.05) is 19.8 Å². The topological polar surface area (TPSA) is 71.1 Å². The summed E-state index contributed by atoms with van der Waals surface area (Å²) in [5, 5.41) is 0. The number of carbonyl (C=O) groups is 2. The van der Waals surface area contributed by atoms with E-state index in [-0.39, 0.29) is 5.97 Å². The molecule has 6 nitrogen and oxygen atoms in total.